The molecule has 0 bridgehead atoms. The number of aromatic nitrogens is 2. The molecule has 126 valence electrons. The number of anilines is 1. The second-order valence-corrected chi connectivity index (χ2v) is 6.61. The van der Waals surface area contributed by atoms with Crippen molar-refractivity contribution in [2.75, 3.05) is 18.0 Å². The monoisotopic (exact) mass is 325 g/mol. The van der Waals surface area contributed by atoms with Crippen LogP contribution in [0, 0.1) is 26.7 Å². The van der Waals surface area contributed by atoms with E-state index in [1.165, 1.54) is 16.7 Å². The predicted octanol–water partition coefficient (Wildman–Crippen LogP) is 3.37. The molecule has 3 rings (SSSR count). The number of aliphatic carboxylic acids is 1. The fourth-order valence-corrected chi connectivity index (χ4v) is 3.53. The van der Waals surface area contributed by atoms with E-state index in [4.69, 9.17) is 10.1 Å². The molecule has 5 heteroatoms. The fourth-order valence-electron chi connectivity index (χ4n) is 3.53. The molecule has 0 spiro atoms. The third kappa shape index (κ3) is 3.25. The van der Waals surface area contributed by atoms with Gasteiger partial charge in [-0.3, -0.25) is 4.79 Å². The van der Waals surface area contributed by atoms with Crippen LogP contribution in [0.4, 0.5) is 5.82 Å². The number of hydrogen-bond donors (Lipinski definition) is 1. The van der Waals surface area contributed by atoms with E-state index in [0.29, 0.717) is 12.8 Å². The number of piperidine rings is 1. The van der Waals surface area contributed by atoms with Gasteiger partial charge in [0.1, 0.15) is 5.82 Å². The number of benzene rings is 1. The average molecular weight is 325 g/mol. The zero-order valence-electron chi connectivity index (χ0n) is 14.4. The standard InChI is InChI=1S/C19H23N3O2/c1-12-10-13(2)17(14(3)11-12)18-20-7-4-16(21-18)22-8-5-15(6-9-22)19(23)24/h4,7,10-11,15H,5-6,8-9H2,1-3H3,(H,23,24). The molecule has 0 saturated carbocycles. The summed E-state index contributed by atoms with van der Waals surface area (Å²) in [6.45, 7) is 7.71. The van der Waals surface area contributed by atoms with Gasteiger partial charge >= 0.3 is 5.97 Å². The molecular weight excluding hydrogens is 302 g/mol. The maximum absolute atomic E-state index is 11.1. The minimum atomic E-state index is -0.691. The van der Waals surface area contributed by atoms with Crippen molar-refractivity contribution in [1.82, 2.24) is 9.97 Å². The van der Waals surface area contributed by atoms with Crippen LogP contribution in [0.3, 0.4) is 0 Å². The van der Waals surface area contributed by atoms with Crippen LogP contribution in [0.15, 0.2) is 24.4 Å². The van der Waals surface area contributed by atoms with Crippen molar-refractivity contribution in [2.45, 2.75) is 33.6 Å². The van der Waals surface area contributed by atoms with E-state index in [2.05, 4.69) is 42.8 Å². The van der Waals surface area contributed by atoms with Crippen molar-refractivity contribution >= 4 is 11.8 Å². The molecule has 0 unspecified atom stereocenters. The van der Waals surface area contributed by atoms with Gasteiger partial charge in [0, 0.05) is 24.8 Å². The zero-order valence-corrected chi connectivity index (χ0v) is 14.4. The van der Waals surface area contributed by atoms with Crippen molar-refractivity contribution in [1.29, 1.82) is 0 Å². The number of carboxylic acids is 1. The quantitative estimate of drug-likeness (QED) is 0.937. The fraction of sp³-hybridized carbons (Fsp3) is 0.421. The van der Waals surface area contributed by atoms with E-state index in [1.807, 2.05) is 6.07 Å². The van der Waals surface area contributed by atoms with Crippen LogP contribution < -0.4 is 4.90 Å². The number of carbonyl (C=O) groups is 1. The molecule has 24 heavy (non-hydrogen) atoms. The Balaban J connectivity index is 1.87. The molecule has 2 heterocycles. The van der Waals surface area contributed by atoms with Gasteiger partial charge in [0.15, 0.2) is 5.82 Å². The second kappa shape index (κ2) is 6.59. The van der Waals surface area contributed by atoms with E-state index >= 15 is 0 Å². The summed E-state index contributed by atoms with van der Waals surface area (Å²) in [5, 5.41) is 9.13. The Kier molecular flexibility index (Phi) is 4.51. The van der Waals surface area contributed by atoms with Crippen LogP contribution in [-0.2, 0) is 4.79 Å². The van der Waals surface area contributed by atoms with Gasteiger partial charge in [0.25, 0.3) is 0 Å². The highest BCUT2D eigenvalue weighted by Crippen LogP contribution is 2.28. The van der Waals surface area contributed by atoms with Gasteiger partial charge in [0.2, 0.25) is 0 Å². The maximum Gasteiger partial charge on any atom is 0.306 e. The topological polar surface area (TPSA) is 66.3 Å². The summed E-state index contributed by atoms with van der Waals surface area (Å²) < 4.78 is 0. The Hall–Kier alpha value is -2.43. The molecule has 1 N–H and O–H groups in total. The van der Waals surface area contributed by atoms with Gasteiger partial charge in [-0.05, 0) is 50.8 Å². The lowest BCUT2D eigenvalue weighted by Gasteiger charge is -2.31. The zero-order chi connectivity index (χ0) is 17.3. The molecule has 5 nitrogen and oxygen atoms in total. The highest BCUT2D eigenvalue weighted by molar-refractivity contribution is 5.70. The Morgan fingerprint density at radius 2 is 1.79 bits per heavy atom. The van der Waals surface area contributed by atoms with Gasteiger partial charge in [-0.1, -0.05) is 17.7 Å². The molecule has 0 atom stereocenters. The summed E-state index contributed by atoms with van der Waals surface area (Å²) in [6, 6.07) is 6.21. The molecule has 1 aromatic heterocycles. The Morgan fingerprint density at radius 1 is 1.17 bits per heavy atom. The summed E-state index contributed by atoms with van der Waals surface area (Å²) in [5.41, 5.74) is 4.67. The van der Waals surface area contributed by atoms with Crippen LogP contribution in [0.25, 0.3) is 11.4 Å². The molecule has 1 aromatic carbocycles. The minimum absolute atomic E-state index is 0.232. The highest BCUT2D eigenvalue weighted by atomic mass is 16.4. The van der Waals surface area contributed by atoms with Gasteiger partial charge < -0.3 is 10.0 Å². The molecule has 1 fully saturated rings. The van der Waals surface area contributed by atoms with E-state index in [-0.39, 0.29) is 5.92 Å². The number of carboxylic acid groups (broad SMARTS) is 1. The SMILES string of the molecule is Cc1cc(C)c(-c2nccc(N3CCC(C(=O)O)CC3)n2)c(C)c1. The number of hydrogen-bond acceptors (Lipinski definition) is 4. The first kappa shape index (κ1) is 16.4. The Labute approximate surface area is 142 Å². The van der Waals surface area contributed by atoms with Crippen molar-refractivity contribution in [3.63, 3.8) is 0 Å². The molecule has 1 saturated heterocycles. The molecule has 0 radical (unpaired) electrons. The van der Waals surface area contributed by atoms with E-state index < -0.39 is 5.97 Å². The number of nitrogens with zero attached hydrogens (tertiary/aromatic N) is 3. The lowest BCUT2D eigenvalue weighted by atomic mass is 9.97. The van der Waals surface area contributed by atoms with Gasteiger partial charge in [0.05, 0.1) is 5.92 Å². The lowest BCUT2D eigenvalue weighted by Crippen LogP contribution is -2.36. The average Bonchev–Trinajstić information content (AvgIpc) is 2.54. The van der Waals surface area contributed by atoms with Crippen molar-refractivity contribution in [3.8, 4) is 11.4 Å². The van der Waals surface area contributed by atoms with Crippen molar-refractivity contribution in [3.05, 3.63) is 41.1 Å². The third-order valence-corrected chi connectivity index (χ3v) is 4.71. The summed E-state index contributed by atoms with van der Waals surface area (Å²) in [7, 11) is 0. The van der Waals surface area contributed by atoms with Gasteiger partial charge in [-0.2, -0.15) is 0 Å². The predicted molar refractivity (Wildman–Crippen MR) is 94.3 cm³/mol. The molecular formula is C19H23N3O2. The van der Waals surface area contributed by atoms with Crippen LogP contribution in [-0.4, -0.2) is 34.1 Å². The Bertz CT molecular complexity index is 742. The van der Waals surface area contributed by atoms with E-state index in [9.17, 15) is 4.79 Å². The van der Waals surface area contributed by atoms with Crippen LogP contribution in [0.5, 0.6) is 0 Å². The molecule has 0 amide bonds. The van der Waals surface area contributed by atoms with E-state index in [0.717, 1.165) is 30.3 Å². The van der Waals surface area contributed by atoms with E-state index in [1.54, 1.807) is 6.20 Å². The molecule has 0 aliphatic carbocycles. The first-order valence-electron chi connectivity index (χ1n) is 8.34. The first-order chi connectivity index (χ1) is 11.5. The Morgan fingerprint density at radius 3 is 2.38 bits per heavy atom. The molecule has 2 aromatic rings. The number of rotatable bonds is 3. The summed E-state index contributed by atoms with van der Waals surface area (Å²) in [4.78, 5) is 22.5. The molecule has 1 aliphatic heterocycles. The normalized spacial score (nSPS) is 15.5. The highest BCUT2D eigenvalue weighted by Gasteiger charge is 2.25. The number of aryl methyl sites for hydroxylation is 3. The van der Waals surface area contributed by atoms with Crippen LogP contribution in [0.1, 0.15) is 29.5 Å². The third-order valence-electron chi connectivity index (χ3n) is 4.71. The van der Waals surface area contributed by atoms with Gasteiger partial charge in [-0.15, -0.1) is 0 Å². The minimum Gasteiger partial charge on any atom is -0.481 e. The smallest absolute Gasteiger partial charge is 0.306 e. The van der Waals surface area contributed by atoms with Gasteiger partial charge in [-0.25, -0.2) is 9.97 Å². The molecule has 1 aliphatic rings. The maximum atomic E-state index is 11.1. The van der Waals surface area contributed by atoms with Crippen LogP contribution in [0.2, 0.25) is 0 Å². The van der Waals surface area contributed by atoms with Crippen molar-refractivity contribution < 1.29 is 9.90 Å². The lowest BCUT2D eigenvalue weighted by molar-refractivity contribution is -0.142. The van der Waals surface area contributed by atoms with Crippen LogP contribution >= 0.6 is 0 Å². The van der Waals surface area contributed by atoms with Crippen molar-refractivity contribution in [2.24, 2.45) is 5.92 Å². The summed E-state index contributed by atoms with van der Waals surface area (Å²) >= 11 is 0. The summed E-state index contributed by atoms with van der Waals surface area (Å²) in [5.74, 6) is 0.694. The second-order valence-electron chi connectivity index (χ2n) is 6.61. The largest absolute Gasteiger partial charge is 0.481 e. The summed E-state index contributed by atoms with van der Waals surface area (Å²) in [6.07, 6.45) is 3.12. The first-order valence-corrected chi connectivity index (χ1v) is 8.34.